The van der Waals surface area contributed by atoms with Gasteiger partial charge < -0.3 is 10.1 Å². The zero-order valence-corrected chi connectivity index (χ0v) is 13.2. The molecule has 1 saturated heterocycles. The molecule has 2 rings (SSSR count). The number of nitrogens with one attached hydrogen (secondary N) is 1. The number of esters is 1. The molecule has 0 radical (unpaired) electrons. The van der Waals surface area contributed by atoms with Gasteiger partial charge in [-0.2, -0.15) is 0 Å². The van der Waals surface area contributed by atoms with Gasteiger partial charge in [0.2, 0.25) is 0 Å². The third-order valence-corrected chi connectivity index (χ3v) is 4.96. The molecule has 1 heterocycles. The highest BCUT2D eigenvalue weighted by atomic mass is 32.2. The van der Waals surface area contributed by atoms with E-state index in [0.717, 1.165) is 0 Å². The monoisotopic (exact) mass is 308 g/mol. The van der Waals surface area contributed by atoms with Crippen LogP contribution >= 0.6 is 11.8 Å². The van der Waals surface area contributed by atoms with Crippen LogP contribution in [0.1, 0.15) is 13.8 Å². The van der Waals surface area contributed by atoms with Crippen LogP contribution in [0.15, 0.2) is 30.3 Å². The lowest BCUT2D eigenvalue weighted by atomic mass is 10.1. The number of carbonyl (C=O) groups excluding carboxylic acids is 2. The van der Waals surface area contributed by atoms with Crippen molar-refractivity contribution in [3.05, 3.63) is 30.3 Å². The molecule has 0 saturated carbocycles. The van der Waals surface area contributed by atoms with E-state index < -0.39 is 6.04 Å². The maximum atomic E-state index is 12.6. The summed E-state index contributed by atoms with van der Waals surface area (Å²) in [5.74, 6) is 0.456. The lowest BCUT2D eigenvalue weighted by Gasteiger charge is -2.30. The number of methoxy groups -OCH3 is 1. The molecule has 1 aliphatic heterocycles. The van der Waals surface area contributed by atoms with Crippen molar-refractivity contribution in [2.45, 2.75) is 25.3 Å². The molecule has 2 atom stereocenters. The first-order valence-corrected chi connectivity index (χ1v) is 7.93. The fraction of sp³-hybridized carbons (Fsp3) is 0.467. The van der Waals surface area contributed by atoms with E-state index in [2.05, 4.69) is 5.32 Å². The molecular weight excluding hydrogens is 288 g/mol. The van der Waals surface area contributed by atoms with Gasteiger partial charge >= 0.3 is 12.0 Å². The molecule has 2 amide bonds. The molecule has 1 fully saturated rings. The topological polar surface area (TPSA) is 58.6 Å². The number of nitrogens with zero attached hydrogens (tertiary/aromatic N) is 1. The molecule has 0 bridgehead atoms. The molecule has 6 heteroatoms. The van der Waals surface area contributed by atoms with E-state index in [1.165, 1.54) is 7.11 Å². The molecule has 0 spiro atoms. The van der Waals surface area contributed by atoms with E-state index in [0.29, 0.717) is 11.4 Å². The van der Waals surface area contributed by atoms with E-state index >= 15 is 0 Å². The Morgan fingerprint density at radius 1 is 1.33 bits per heavy atom. The molecule has 1 aromatic carbocycles. The lowest BCUT2D eigenvalue weighted by molar-refractivity contribution is -0.144. The third-order valence-electron chi connectivity index (χ3n) is 3.34. The first-order chi connectivity index (χ1) is 10.0. The summed E-state index contributed by atoms with van der Waals surface area (Å²) in [6.45, 7) is 4.08. The molecular formula is C15H20N2O3S. The van der Waals surface area contributed by atoms with Gasteiger partial charge in [-0.3, -0.25) is 4.90 Å². The number of hydrogen-bond donors (Lipinski definition) is 1. The summed E-state index contributed by atoms with van der Waals surface area (Å²) in [6.07, 6.45) is 0. The van der Waals surface area contributed by atoms with Gasteiger partial charge in [-0.1, -0.05) is 32.0 Å². The fourth-order valence-electron chi connectivity index (χ4n) is 2.33. The first-order valence-electron chi connectivity index (χ1n) is 6.88. The Balaban J connectivity index is 2.18. The molecule has 1 N–H and O–H groups in total. The number of rotatable bonds is 3. The summed E-state index contributed by atoms with van der Waals surface area (Å²) in [6, 6.07) is 8.43. The average Bonchev–Trinajstić information content (AvgIpc) is 2.92. The maximum Gasteiger partial charge on any atom is 0.329 e. The van der Waals surface area contributed by atoms with E-state index in [9.17, 15) is 9.59 Å². The summed E-state index contributed by atoms with van der Waals surface area (Å²) in [4.78, 5) is 26.1. The Hall–Kier alpha value is -1.69. The van der Waals surface area contributed by atoms with Crippen molar-refractivity contribution < 1.29 is 14.3 Å². The second-order valence-corrected chi connectivity index (χ2v) is 6.36. The predicted octanol–water partition coefficient (Wildman–Crippen LogP) is 2.79. The summed E-state index contributed by atoms with van der Waals surface area (Å²) in [5, 5.41) is 2.81. The van der Waals surface area contributed by atoms with E-state index in [4.69, 9.17) is 4.74 Å². The summed E-state index contributed by atoms with van der Waals surface area (Å²) < 4.78 is 4.82. The van der Waals surface area contributed by atoms with Gasteiger partial charge in [-0.25, -0.2) is 9.59 Å². The highest BCUT2D eigenvalue weighted by Gasteiger charge is 2.43. The first kappa shape index (κ1) is 15.7. The van der Waals surface area contributed by atoms with E-state index in [1.54, 1.807) is 16.7 Å². The smallest absolute Gasteiger partial charge is 0.329 e. The van der Waals surface area contributed by atoms with Crippen LogP contribution in [0.25, 0.3) is 0 Å². The van der Waals surface area contributed by atoms with Crippen molar-refractivity contribution in [3.8, 4) is 0 Å². The highest BCUT2D eigenvalue weighted by molar-refractivity contribution is 8.00. The molecule has 1 aromatic rings. The molecule has 0 aromatic heterocycles. The maximum absolute atomic E-state index is 12.6. The van der Waals surface area contributed by atoms with Crippen LogP contribution < -0.4 is 5.32 Å². The van der Waals surface area contributed by atoms with Crippen LogP contribution in [0.4, 0.5) is 10.5 Å². The van der Waals surface area contributed by atoms with Crippen LogP contribution in [0, 0.1) is 5.92 Å². The second-order valence-electron chi connectivity index (χ2n) is 5.21. The number of urea groups is 1. The minimum Gasteiger partial charge on any atom is -0.467 e. The number of anilines is 1. The number of para-hydroxylation sites is 1. The van der Waals surface area contributed by atoms with Crippen molar-refractivity contribution in [3.63, 3.8) is 0 Å². The van der Waals surface area contributed by atoms with Crippen molar-refractivity contribution in [2.24, 2.45) is 5.92 Å². The summed E-state index contributed by atoms with van der Waals surface area (Å²) in [5.41, 5.74) is 0.713. The largest absolute Gasteiger partial charge is 0.467 e. The lowest BCUT2D eigenvalue weighted by Crippen LogP contribution is -2.49. The van der Waals surface area contributed by atoms with Crippen LogP contribution in [-0.4, -0.2) is 41.2 Å². The number of hydrogen-bond acceptors (Lipinski definition) is 4. The van der Waals surface area contributed by atoms with E-state index in [-0.39, 0.29) is 23.3 Å². The molecule has 0 aliphatic carbocycles. The molecule has 5 nitrogen and oxygen atoms in total. The second kappa shape index (κ2) is 6.85. The third kappa shape index (κ3) is 3.50. The van der Waals surface area contributed by atoms with Crippen molar-refractivity contribution in [1.82, 2.24) is 4.90 Å². The van der Waals surface area contributed by atoms with Crippen molar-refractivity contribution in [2.75, 3.05) is 18.2 Å². The number of benzene rings is 1. The number of amides is 2. The Morgan fingerprint density at radius 2 is 2.00 bits per heavy atom. The van der Waals surface area contributed by atoms with Crippen molar-refractivity contribution >= 4 is 29.4 Å². The van der Waals surface area contributed by atoms with Gasteiger partial charge in [0.1, 0.15) is 6.04 Å². The standard InChI is InChI=1S/C15H20N2O3S/c1-10(2)13-17(12(9-21-13)14(18)20-3)15(19)16-11-7-5-4-6-8-11/h4-8,10,12-13H,9H2,1-3H3,(H,16,19). The zero-order chi connectivity index (χ0) is 15.4. The summed E-state index contributed by atoms with van der Waals surface area (Å²) in [7, 11) is 1.35. The number of carbonyl (C=O) groups is 2. The highest BCUT2D eigenvalue weighted by Crippen LogP contribution is 2.34. The van der Waals surface area contributed by atoms with Crippen LogP contribution in [-0.2, 0) is 9.53 Å². The quantitative estimate of drug-likeness (QED) is 0.872. The SMILES string of the molecule is COC(=O)C1CSC(C(C)C)N1C(=O)Nc1ccccc1. The zero-order valence-electron chi connectivity index (χ0n) is 12.4. The van der Waals surface area contributed by atoms with E-state index in [1.807, 2.05) is 44.2 Å². The van der Waals surface area contributed by atoms with Gasteiger partial charge in [0.25, 0.3) is 0 Å². The molecule has 21 heavy (non-hydrogen) atoms. The van der Waals surface area contributed by atoms with Crippen LogP contribution in [0.3, 0.4) is 0 Å². The Kier molecular flexibility index (Phi) is 5.12. The average molecular weight is 308 g/mol. The summed E-state index contributed by atoms with van der Waals surface area (Å²) >= 11 is 1.61. The molecule has 1 aliphatic rings. The minimum absolute atomic E-state index is 0.0298. The normalized spacial score (nSPS) is 21.4. The van der Waals surface area contributed by atoms with Crippen molar-refractivity contribution in [1.29, 1.82) is 0 Å². The van der Waals surface area contributed by atoms with Gasteiger partial charge in [-0.15, -0.1) is 11.8 Å². The Bertz CT molecular complexity index is 507. The minimum atomic E-state index is -0.531. The predicted molar refractivity (Wildman–Crippen MR) is 84.2 cm³/mol. The van der Waals surface area contributed by atoms with Gasteiger partial charge in [-0.05, 0) is 18.1 Å². The Morgan fingerprint density at radius 3 is 2.57 bits per heavy atom. The van der Waals surface area contributed by atoms with Gasteiger partial charge in [0.05, 0.1) is 12.5 Å². The number of ether oxygens (including phenoxy) is 1. The molecule has 2 unspecified atom stereocenters. The van der Waals surface area contributed by atoms with Crippen LogP contribution in [0.5, 0.6) is 0 Å². The van der Waals surface area contributed by atoms with Gasteiger partial charge in [0.15, 0.2) is 0 Å². The molecule has 114 valence electrons. The number of thioether (sulfide) groups is 1. The van der Waals surface area contributed by atoms with Gasteiger partial charge in [0, 0.05) is 11.4 Å². The van der Waals surface area contributed by atoms with Crippen LogP contribution in [0.2, 0.25) is 0 Å². The fourth-order valence-corrected chi connectivity index (χ4v) is 3.79. The Labute approximate surface area is 129 Å².